The van der Waals surface area contributed by atoms with Crippen molar-refractivity contribution in [2.45, 2.75) is 6.92 Å². The van der Waals surface area contributed by atoms with Crippen LogP contribution in [-0.4, -0.2) is 12.4 Å². The van der Waals surface area contributed by atoms with E-state index >= 15 is 0 Å². The van der Waals surface area contributed by atoms with Gasteiger partial charge in [-0.2, -0.15) is 0 Å². The summed E-state index contributed by atoms with van der Waals surface area (Å²) >= 11 is 7.04. The number of carbonyl (C=O) groups is 1. The Balaban J connectivity index is 1.97. The molecule has 0 aliphatic rings. The average Bonchev–Trinajstić information content (AvgIpc) is 2.73. The molecule has 0 saturated heterocycles. The van der Waals surface area contributed by atoms with Gasteiger partial charge in [-0.05, 0) is 36.8 Å². The van der Waals surface area contributed by atoms with Crippen LogP contribution in [0.4, 0.5) is 0 Å². The fourth-order valence-electron chi connectivity index (χ4n) is 1.39. The molecule has 4 heteroatoms. The predicted octanol–water partition coefficient (Wildman–Crippen LogP) is 3.97. The molecule has 0 saturated carbocycles. The molecule has 0 radical (unpaired) electrons. The molecule has 0 aliphatic heterocycles. The molecule has 88 valence electrons. The van der Waals surface area contributed by atoms with Gasteiger partial charge in [0.15, 0.2) is 6.61 Å². The fraction of sp³-hybridized carbons (Fsp3) is 0.154. The summed E-state index contributed by atoms with van der Waals surface area (Å²) in [4.78, 5) is 12.4. The van der Waals surface area contributed by atoms with Gasteiger partial charge in [0.25, 0.3) is 0 Å². The molecule has 0 aliphatic carbocycles. The lowest BCUT2D eigenvalue weighted by molar-refractivity contribution is 0.0925. The highest BCUT2D eigenvalue weighted by Crippen LogP contribution is 2.22. The van der Waals surface area contributed by atoms with Crippen molar-refractivity contribution in [2.24, 2.45) is 0 Å². The van der Waals surface area contributed by atoms with E-state index in [-0.39, 0.29) is 12.4 Å². The number of hydrogen-bond acceptors (Lipinski definition) is 3. The molecule has 2 nitrogen and oxygen atoms in total. The van der Waals surface area contributed by atoms with Crippen molar-refractivity contribution in [1.82, 2.24) is 0 Å². The third-order valence-electron chi connectivity index (χ3n) is 2.21. The van der Waals surface area contributed by atoms with Gasteiger partial charge in [-0.15, -0.1) is 11.3 Å². The van der Waals surface area contributed by atoms with Crippen molar-refractivity contribution in [3.05, 3.63) is 51.2 Å². The molecule has 1 aromatic carbocycles. The van der Waals surface area contributed by atoms with Gasteiger partial charge in [0.2, 0.25) is 5.78 Å². The van der Waals surface area contributed by atoms with Gasteiger partial charge in [0.1, 0.15) is 5.75 Å². The van der Waals surface area contributed by atoms with Crippen LogP contribution in [0.25, 0.3) is 0 Å². The lowest BCUT2D eigenvalue weighted by Gasteiger charge is -2.04. The van der Waals surface area contributed by atoms with Gasteiger partial charge in [-0.25, -0.2) is 0 Å². The summed E-state index contributed by atoms with van der Waals surface area (Å²) in [5, 5.41) is 0. The first-order valence-electron chi connectivity index (χ1n) is 5.13. The van der Waals surface area contributed by atoms with Crippen LogP contribution in [0.2, 0.25) is 4.34 Å². The molecule has 0 bridgehead atoms. The van der Waals surface area contributed by atoms with Gasteiger partial charge in [-0.1, -0.05) is 23.7 Å². The molecule has 0 amide bonds. The molecule has 0 unspecified atom stereocenters. The summed E-state index contributed by atoms with van der Waals surface area (Å²) in [7, 11) is 0. The Morgan fingerprint density at radius 1 is 1.35 bits per heavy atom. The number of halogens is 1. The van der Waals surface area contributed by atoms with Gasteiger partial charge in [0.05, 0.1) is 9.21 Å². The number of ketones is 1. The lowest BCUT2D eigenvalue weighted by atomic mass is 10.2. The van der Waals surface area contributed by atoms with Crippen LogP contribution < -0.4 is 4.74 Å². The topological polar surface area (TPSA) is 26.3 Å². The minimum atomic E-state index is -0.0524. The Bertz CT molecular complexity index is 534. The monoisotopic (exact) mass is 266 g/mol. The van der Waals surface area contributed by atoms with E-state index in [1.54, 1.807) is 12.1 Å². The van der Waals surface area contributed by atoms with Crippen LogP contribution in [0.3, 0.4) is 0 Å². The fourth-order valence-corrected chi connectivity index (χ4v) is 2.36. The molecule has 1 heterocycles. The van der Waals surface area contributed by atoms with Crippen LogP contribution in [0.1, 0.15) is 15.2 Å². The smallest absolute Gasteiger partial charge is 0.210 e. The molecule has 0 N–H and O–H groups in total. The highest BCUT2D eigenvalue weighted by molar-refractivity contribution is 7.18. The third kappa shape index (κ3) is 3.32. The van der Waals surface area contributed by atoms with Gasteiger partial charge in [-0.3, -0.25) is 4.79 Å². The Kier molecular flexibility index (Phi) is 3.82. The van der Waals surface area contributed by atoms with Crippen molar-refractivity contribution in [1.29, 1.82) is 0 Å². The predicted molar refractivity (Wildman–Crippen MR) is 70.3 cm³/mol. The molecular formula is C13H11ClO2S. The molecule has 2 aromatic rings. The number of Topliss-reactive ketones (excluding diaryl/α,β-unsaturated/α-hetero) is 1. The Labute approximate surface area is 109 Å². The van der Waals surface area contributed by atoms with E-state index in [4.69, 9.17) is 16.3 Å². The van der Waals surface area contributed by atoms with E-state index in [0.29, 0.717) is 15.0 Å². The summed E-state index contributed by atoms with van der Waals surface area (Å²) in [5.41, 5.74) is 1.11. The van der Waals surface area contributed by atoms with E-state index in [2.05, 4.69) is 0 Å². The number of benzene rings is 1. The van der Waals surface area contributed by atoms with Crippen molar-refractivity contribution >= 4 is 28.7 Å². The number of rotatable bonds is 4. The average molecular weight is 267 g/mol. The van der Waals surface area contributed by atoms with Crippen LogP contribution in [0.5, 0.6) is 5.75 Å². The van der Waals surface area contributed by atoms with E-state index in [0.717, 1.165) is 5.56 Å². The molecule has 1 aromatic heterocycles. The highest BCUT2D eigenvalue weighted by atomic mass is 35.5. The minimum Gasteiger partial charge on any atom is -0.485 e. The first-order chi connectivity index (χ1) is 8.15. The first-order valence-corrected chi connectivity index (χ1v) is 6.32. The molecule has 0 atom stereocenters. The maximum absolute atomic E-state index is 11.7. The largest absolute Gasteiger partial charge is 0.485 e. The maximum atomic E-state index is 11.7. The summed E-state index contributed by atoms with van der Waals surface area (Å²) in [6.45, 7) is 2.02. The van der Waals surface area contributed by atoms with Crippen molar-refractivity contribution in [2.75, 3.05) is 6.61 Å². The lowest BCUT2D eigenvalue weighted by Crippen LogP contribution is -2.09. The molecule has 2 rings (SSSR count). The van der Waals surface area contributed by atoms with E-state index in [9.17, 15) is 4.79 Å². The summed E-state index contributed by atoms with van der Waals surface area (Å²) in [6.07, 6.45) is 0. The van der Waals surface area contributed by atoms with Gasteiger partial charge >= 0.3 is 0 Å². The molecule has 0 fully saturated rings. The van der Waals surface area contributed by atoms with E-state index in [1.807, 2.05) is 31.2 Å². The zero-order valence-corrected chi connectivity index (χ0v) is 10.8. The third-order valence-corrected chi connectivity index (χ3v) is 3.48. The summed E-state index contributed by atoms with van der Waals surface area (Å²) < 4.78 is 6.04. The maximum Gasteiger partial charge on any atom is 0.210 e. The number of aryl methyl sites for hydroxylation is 1. The van der Waals surface area contributed by atoms with E-state index in [1.165, 1.54) is 11.3 Å². The second kappa shape index (κ2) is 5.34. The minimum absolute atomic E-state index is 0.0420. The van der Waals surface area contributed by atoms with Crippen molar-refractivity contribution in [3.63, 3.8) is 0 Å². The highest BCUT2D eigenvalue weighted by Gasteiger charge is 2.09. The Morgan fingerprint density at radius 2 is 2.18 bits per heavy atom. The van der Waals surface area contributed by atoms with Crippen molar-refractivity contribution in [3.8, 4) is 5.75 Å². The van der Waals surface area contributed by atoms with Gasteiger partial charge < -0.3 is 4.74 Å². The second-order valence-electron chi connectivity index (χ2n) is 3.63. The first kappa shape index (κ1) is 12.1. The molecule has 17 heavy (non-hydrogen) atoms. The second-order valence-corrected chi connectivity index (χ2v) is 5.35. The summed E-state index contributed by atoms with van der Waals surface area (Å²) in [5.74, 6) is 0.657. The zero-order valence-electron chi connectivity index (χ0n) is 9.27. The molecular weight excluding hydrogens is 256 g/mol. The standard InChI is InChI=1S/C13H11ClO2S/c1-9-3-2-4-10(7-9)16-8-11(15)12-5-6-13(14)17-12/h2-7H,8H2,1H3. The Morgan fingerprint density at radius 3 is 2.82 bits per heavy atom. The SMILES string of the molecule is Cc1cccc(OCC(=O)c2ccc(Cl)s2)c1. The number of carbonyl (C=O) groups excluding carboxylic acids is 1. The van der Waals surface area contributed by atoms with Crippen molar-refractivity contribution < 1.29 is 9.53 Å². The Hall–Kier alpha value is -1.32. The van der Waals surface area contributed by atoms with Gasteiger partial charge in [0, 0.05) is 0 Å². The quantitative estimate of drug-likeness (QED) is 0.783. The van der Waals surface area contributed by atoms with Crippen LogP contribution in [0, 0.1) is 6.92 Å². The number of thiophene rings is 1. The normalized spacial score (nSPS) is 10.2. The van der Waals surface area contributed by atoms with Crippen LogP contribution in [0.15, 0.2) is 36.4 Å². The van der Waals surface area contributed by atoms with E-state index < -0.39 is 0 Å². The summed E-state index contributed by atoms with van der Waals surface area (Å²) in [6, 6.07) is 11.0. The molecule has 0 spiro atoms. The zero-order chi connectivity index (χ0) is 12.3. The number of ether oxygens (including phenoxy) is 1. The van der Waals surface area contributed by atoms with Crippen LogP contribution >= 0.6 is 22.9 Å². The number of hydrogen-bond donors (Lipinski definition) is 0. The van der Waals surface area contributed by atoms with Crippen LogP contribution in [-0.2, 0) is 0 Å².